The summed E-state index contributed by atoms with van der Waals surface area (Å²) in [7, 11) is 0. The Morgan fingerprint density at radius 2 is 1.91 bits per heavy atom. The van der Waals surface area contributed by atoms with Crippen molar-refractivity contribution in [2.45, 2.75) is 38.0 Å². The number of nitrogens with zero attached hydrogens (tertiary/aromatic N) is 5. The molecule has 4 unspecified atom stereocenters. The largest absolute Gasteiger partial charge is 0.434 e. The number of rotatable bonds is 4. The van der Waals surface area contributed by atoms with Gasteiger partial charge in [-0.3, -0.25) is 4.79 Å². The SMILES string of the molecule is CC1=CC(C(=O)N2CC3CC34CC(Nc3cnc(C(F)(F)F)cn3)C24)=C(c2ncc(F)cn2)NC1. The molecule has 0 bridgehead atoms. The van der Waals surface area contributed by atoms with Crippen molar-refractivity contribution in [2.75, 3.05) is 18.4 Å². The number of aromatic nitrogens is 4. The number of anilines is 1. The van der Waals surface area contributed by atoms with Crippen LogP contribution in [0.15, 0.2) is 42.0 Å². The highest BCUT2D eigenvalue weighted by atomic mass is 19.4. The van der Waals surface area contributed by atoms with Crippen LogP contribution < -0.4 is 10.6 Å². The van der Waals surface area contributed by atoms with Crippen LogP contribution in [0.25, 0.3) is 5.70 Å². The summed E-state index contributed by atoms with van der Waals surface area (Å²) in [6.45, 7) is 3.02. The quantitative estimate of drug-likeness (QED) is 0.641. The number of carbonyl (C=O) groups excluding carboxylic acids is 1. The van der Waals surface area contributed by atoms with Gasteiger partial charge in [-0.2, -0.15) is 13.2 Å². The molecule has 182 valence electrons. The van der Waals surface area contributed by atoms with Crippen LogP contribution in [0, 0.1) is 17.2 Å². The summed E-state index contributed by atoms with van der Waals surface area (Å²) in [5.41, 5.74) is 0.814. The van der Waals surface area contributed by atoms with Crippen LogP contribution in [0.3, 0.4) is 0 Å². The van der Waals surface area contributed by atoms with E-state index in [2.05, 4.69) is 30.6 Å². The lowest BCUT2D eigenvalue weighted by Crippen LogP contribution is -2.60. The fraction of sp³-hybridized carbons (Fsp3) is 0.435. The van der Waals surface area contributed by atoms with Crippen LogP contribution in [0.1, 0.15) is 31.3 Å². The van der Waals surface area contributed by atoms with E-state index < -0.39 is 17.7 Å². The van der Waals surface area contributed by atoms with Gasteiger partial charge in [0.05, 0.1) is 42.1 Å². The lowest BCUT2D eigenvalue weighted by atomic mass is 9.71. The molecule has 1 saturated heterocycles. The Labute approximate surface area is 197 Å². The first kappa shape index (κ1) is 21.9. The summed E-state index contributed by atoms with van der Waals surface area (Å²) in [4.78, 5) is 31.0. The van der Waals surface area contributed by atoms with Gasteiger partial charge < -0.3 is 15.5 Å². The maximum atomic E-state index is 13.8. The van der Waals surface area contributed by atoms with Crippen LogP contribution in [0.4, 0.5) is 23.4 Å². The van der Waals surface area contributed by atoms with Gasteiger partial charge in [0.1, 0.15) is 5.82 Å². The Morgan fingerprint density at radius 3 is 2.60 bits per heavy atom. The minimum absolute atomic E-state index is 0.0423. The molecule has 3 fully saturated rings. The van der Waals surface area contributed by atoms with Crippen molar-refractivity contribution in [3.63, 3.8) is 0 Å². The molecule has 2 N–H and O–H groups in total. The minimum Gasteiger partial charge on any atom is -0.378 e. The first-order chi connectivity index (χ1) is 16.7. The second-order valence-electron chi connectivity index (χ2n) is 9.63. The standard InChI is InChI=1S/C23H21F4N7O/c1-11-2-14(18(30-5-11)20-31-6-13(24)7-32-20)21(35)34-10-12-3-22(12)4-15(19(22)34)33-17-9-28-16(8-29-17)23(25,26)27/h2,6-9,12,15,19,30H,3-5,10H2,1H3,(H,29,33). The topological polar surface area (TPSA) is 95.9 Å². The van der Waals surface area contributed by atoms with Gasteiger partial charge in [0.2, 0.25) is 0 Å². The van der Waals surface area contributed by atoms with Crippen LogP contribution in [-0.2, 0) is 11.0 Å². The summed E-state index contributed by atoms with van der Waals surface area (Å²) < 4.78 is 51.8. The zero-order chi connectivity index (χ0) is 24.5. The molecule has 2 saturated carbocycles. The number of carbonyl (C=O) groups is 1. The van der Waals surface area contributed by atoms with E-state index in [1.54, 1.807) is 6.08 Å². The van der Waals surface area contributed by atoms with E-state index in [4.69, 9.17) is 0 Å². The van der Waals surface area contributed by atoms with Crippen molar-refractivity contribution >= 4 is 17.4 Å². The number of halogens is 4. The first-order valence-corrected chi connectivity index (χ1v) is 11.3. The first-order valence-electron chi connectivity index (χ1n) is 11.3. The number of dihydropyridines is 1. The van der Waals surface area contributed by atoms with Crippen molar-refractivity contribution in [3.8, 4) is 0 Å². The molecule has 35 heavy (non-hydrogen) atoms. The zero-order valence-electron chi connectivity index (χ0n) is 18.6. The molecule has 4 atom stereocenters. The van der Waals surface area contributed by atoms with Gasteiger partial charge in [0, 0.05) is 19.1 Å². The number of hydrogen-bond donors (Lipinski definition) is 2. The van der Waals surface area contributed by atoms with Crippen LogP contribution in [0.2, 0.25) is 0 Å². The van der Waals surface area contributed by atoms with E-state index in [1.807, 2.05) is 11.8 Å². The molecule has 0 radical (unpaired) electrons. The predicted molar refractivity (Wildman–Crippen MR) is 116 cm³/mol. The second-order valence-corrected chi connectivity index (χ2v) is 9.63. The summed E-state index contributed by atoms with van der Waals surface area (Å²) in [6, 6.07) is -0.257. The van der Waals surface area contributed by atoms with Crippen LogP contribution in [-0.4, -0.2) is 55.9 Å². The molecular weight excluding hydrogens is 466 g/mol. The van der Waals surface area contributed by atoms with E-state index in [1.165, 1.54) is 0 Å². The third-order valence-electron chi connectivity index (χ3n) is 7.42. The van der Waals surface area contributed by atoms with Crippen molar-refractivity contribution in [3.05, 3.63) is 59.3 Å². The van der Waals surface area contributed by atoms with E-state index >= 15 is 0 Å². The molecule has 0 aromatic carbocycles. The Kier molecular flexibility index (Phi) is 4.68. The zero-order valence-corrected chi connectivity index (χ0v) is 18.6. The fourth-order valence-electron chi connectivity index (χ4n) is 5.75. The van der Waals surface area contributed by atoms with E-state index in [0.717, 1.165) is 37.0 Å². The lowest BCUT2D eigenvalue weighted by Gasteiger charge is -2.48. The summed E-state index contributed by atoms with van der Waals surface area (Å²) >= 11 is 0. The molecule has 8 nitrogen and oxygen atoms in total. The van der Waals surface area contributed by atoms with Crippen molar-refractivity contribution in [2.24, 2.45) is 11.3 Å². The molecule has 2 aromatic rings. The maximum absolute atomic E-state index is 13.8. The molecule has 2 aromatic heterocycles. The molecule has 1 amide bonds. The van der Waals surface area contributed by atoms with Crippen molar-refractivity contribution in [1.29, 1.82) is 0 Å². The van der Waals surface area contributed by atoms with Crippen LogP contribution in [0.5, 0.6) is 0 Å². The molecule has 12 heteroatoms. The highest BCUT2D eigenvalue weighted by Crippen LogP contribution is 2.71. The Bertz CT molecular complexity index is 1260. The van der Waals surface area contributed by atoms with Gasteiger partial charge in [0.15, 0.2) is 17.3 Å². The number of nitrogens with one attached hydrogen (secondary N) is 2. The maximum Gasteiger partial charge on any atom is 0.434 e. The van der Waals surface area contributed by atoms with Crippen molar-refractivity contribution in [1.82, 2.24) is 30.2 Å². The highest BCUT2D eigenvalue weighted by molar-refractivity contribution is 6.04. The molecule has 2 aliphatic heterocycles. The van der Waals surface area contributed by atoms with Gasteiger partial charge in [-0.05, 0) is 37.2 Å². The Morgan fingerprint density at radius 1 is 1.14 bits per heavy atom. The Balaban J connectivity index is 1.26. The normalized spacial score (nSPS) is 29.0. The number of alkyl halides is 3. The number of piperidine rings is 1. The third-order valence-corrected chi connectivity index (χ3v) is 7.42. The van der Waals surface area contributed by atoms with Gasteiger partial charge in [-0.15, -0.1) is 0 Å². The van der Waals surface area contributed by atoms with E-state index in [-0.39, 0.29) is 35.0 Å². The number of amides is 1. The summed E-state index contributed by atoms with van der Waals surface area (Å²) in [6.07, 6.45) is 2.98. The van der Waals surface area contributed by atoms with E-state index in [0.29, 0.717) is 36.5 Å². The van der Waals surface area contributed by atoms with Gasteiger partial charge in [-0.1, -0.05) is 5.57 Å². The number of hydrogen-bond acceptors (Lipinski definition) is 7. The predicted octanol–water partition coefficient (Wildman–Crippen LogP) is 2.79. The Hall–Kier alpha value is -3.57. The third kappa shape index (κ3) is 3.53. The molecule has 4 heterocycles. The highest BCUT2D eigenvalue weighted by Gasteiger charge is 2.75. The lowest BCUT2D eigenvalue weighted by molar-refractivity contribution is -0.141. The molecular formula is C23H21F4N7O. The molecule has 6 rings (SSSR count). The van der Waals surface area contributed by atoms with Gasteiger partial charge >= 0.3 is 6.18 Å². The monoisotopic (exact) mass is 487 g/mol. The average Bonchev–Trinajstić information content (AvgIpc) is 3.47. The minimum atomic E-state index is -4.55. The molecule has 4 aliphatic rings. The smallest absolute Gasteiger partial charge is 0.378 e. The summed E-state index contributed by atoms with van der Waals surface area (Å²) in [5, 5.41) is 6.36. The second kappa shape index (κ2) is 7.46. The van der Waals surface area contributed by atoms with Gasteiger partial charge in [0.25, 0.3) is 5.91 Å². The molecule has 1 spiro atoms. The van der Waals surface area contributed by atoms with E-state index in [9.17, 15) is 22.4 Å². The average molecular weight is 487 g/mol. The molecule has 2 aliphatic carbocycles. The number of likely N-dealkylation sites (tertiary alicyclic amines) is 1. The van der Waals surface area contributed by atoms with Gasteiger partial charge in [-0.25, -0.2) is 24.3 Å². The summed E-state index contributed by atoms with van der Waals surface area (Å²) in [5.74, 6) is 0.132. The fourth-order valence-corrected chi connectivity index (χ4v) is 5.75. The van der Waals surface area contributed by atoms with Crippen molar-refractivity contribution < 1.29 is 22.4 Å². The van der Waals surface area contributed by atoms with Crippen LogP contribution >= 0.6 is 0 Å².